The largest absolute Gasteiger partial charge is 0.491 e. The summed E-state index contributed by atoms with van der Waals surface area (Å²) in [4.78, 5) is 11.2. The third-order valence-electron chi connectivity index (χ3n) is 3.97. The number of carbonyl (C=O) groups is 1. The first-order chi connectivity index (χ1) is 12.3. The average Bonchev–Trinajstić information content (AvgIpc) is 2.61. The number of hydrogen-bond donors (Lipinski definition) is 2. The maximum atomic E-state index is 11.2. The van der Waals surface area contributed by atoms with E-state index in [1.807, 2.05) is 51.1 Å². The third-order valence-corrected chi connectivity index (χ3v) is 3.97. The van der Waals surface area contributed by atoms with Crippen LogP contribution in [-0.4, -0.2) is 22.4 Å². The second-order valence-corrected chi connectivity index (χ2v) is 6.40. The standard InChI is InChI=1S/C20H26N2O4/c1-13(2)25-19-12-17(26-15(4)16-8-6-5-7-9-16)10-11-18(19)14(3)22(24)20(21)23/h5-15,24H,1-4H3,(H2,21,23). The number of primary amides is 1. The lowest BCUT2D eigenvalue weighted by Crippen LogP contribution is -2.35. The first-order valence-corrected chi connectivity index (χ1v) is 8.59. The van der Waals surface area contributed by atoms with Gasteiger partial charge in [-0.2, -0.15) is 5.06 Å². The van der Waals surface area contributed by atoms with E-state index >= 15 is 0 Å². The second kappa shape index (κ2) is 8.58. The number of carbonyl (C=O) groups excluding carboxylic acids is 1. The molecule has 3 N–H and O–H groups in total. The number of rotatable bonds is 7. The first kappa shape index (κ1) is 19.6. The summed E-state index contributed by atoms with van der Waals surface area (Å²) in [5.41, 5.74) is 6.86. The Morgan fingerprint density at radius 3 is 2.27 bits per heavy atom. The molecule has 0 aliphatic rings. The van der Waals surface area contributed by atoms with E-state index in [4.69, 9.17) is 15.2 Å². The molecule has 0 saturated carbocycles. The lowest BCUT2D eigenvalue weighted by molar-refractivity contribution is -0.0716. The van der Waals surface area contributed by atoms with Crippen molar-refractivity contribution in [2.75, 3.05) is 0 Å². The molecule has 6 nitrogen and oxygen atoms in total. The van der Waals surface area contributed by atoms with Crippen LogP contribution in [0.3, 0.4) is 0 Å². The van der Waals surface area contributed by atoms with E-state index in [1.54, 1.807) is 25.1 Å². The first-order valence-electron chi connectivity index (χ1n) is 8.59. The summed E-state index contributed by atoms with van der Waals surface area (Å²) in [5.74, 6) is 1.17. The number of urea groups is 1. The van der Waals surface area contributed by atoms with Crippen molar-refractivity contribution in [3.8, 4) is 11.5 Å². The van der Waals surface area contributed by atoms with Gasteiger partial charge in [0, 0.05) is 11.6 Å². The van der Waals surface area contributed by atoms with Crippen LogP contribution >= 0.6 is 0 Å². The van der Waals surface area contributed by atoms with Crippen LogP contribution in [0.1, 0.15) is 51.0 Å². The summed E-state index contributed by atoms with van der Waals surface area (Å²) >= 11 is 0. The molecule has 2 aromatic carbocycles. The van der Waals surface area contributed by atoms with Gasteiger partial charge in [-0.1, -0.05) is 30.3 Å². The van der Waals surface area contributed by atoms with Crippen molar-refractivity contribution in [3.05, 3.63) is 59.7 Å². The molecule has 0 spiro atoms. The minimum Gasteiger partial charge on any atom is -0.491 e. The molecule has 2 atom stereocenters. The van der Waals surface area contributed by atoms with E-state index in [0.717, 1.165) is 5.56 Å². The topological polar surface area (TPSA) is 85.0 Å². The van der Waals surface area contributed by atoms with Crippen LogP contribution in [0.15, 0.2) is 48.5 Å². The van der Waals surface area contributed by atoms with E-state index < -0.39 is 12.1 Å². The molecule has 0 heterocycles. The molecule has 2 amide bonds. The number of nitrogens with two attached hydrogens (primary N) is 1. The van der Waals surface area contributed by atoms with Crippen LogP contribution in [0.5, 0.6) is 11.5 Å². The highest BCUT2D eigenvalue weighted by Crippen LogP contribution is 2.34. The molecule has 2 unspecified atom stereocenters. The molecule has 140 valence electrons. The Bertz CT molecular complexity index is 734. The predicted molar refractivity (Wildman–Crippen MR) is 99.3 cm³/mol. The summed E-state index contributed by atoms with van der Waals surface area (Å²) in [6.45, 7) is 7.44. The molecule has 0 fully saturated rings. The van der Waals surface area contributed by atoms with Crippen molar-refractivity contribution in [1.82, 2.24) is 5.06 Å². The minimum atomic E-state index is -0.925. The number of nitrogens with zero attached hydrogens (tertiary/aromatic N) is 1. The summed E-state index contributed by atoms with van der Waals surface area (Å²) in [5, 5.41) is 10.3. The highest BCUT2D eigenvalue weighted by atomic mass is 16.5. The van der Waals surface area contributed by atoms with Gasteiger partial charge in [0.05, 0.1) is 12.1 Å². The van der Waals surface area contributed by atoms with E-state index in [1.165, 1.54) is 0 Å². The molecular formula is C20H26N2O4. The van der Waals surface area contributed by atoms with Crippen molar-refractivity contribution in [1.29, 1.82) is 0 Å². The normalized spacial score (nSPS) is 13.2. The van der Waals surface area contributed by atoms with Gasteiger partial charge in [0.2, 0.25) is 0 Å². The Hall–Kier alpha value is -2.73. The minimum absolute atomic E-state index is 0.0801. The fraction of sp³-hybridized carbons (Fsp3) is 0.350. The van der Waals surface area contributed by atoms with Gasteiger partial charge >= 0.3 is 6.03 Å². The van der Waals surface area contributed by atoms with Crippen molar-refractivity contribution in [3.63, 3.8) is 0 Å². The molecule has 0 aliphatic carbocycles. The highest BCUT2D eigenvalue weighted by molar-refractivity contribution is 5.71. The Morgan fingerprint density at radius 1 is 1.04 bits per heavy atom. The van der Waals surface area contributed by atoms with Crippen LogP contribution in [0, 0.1) is 0 Å². The van der Waals surface area contributed by atoms with Gasteiger partial charge in [-0.3, -0.25) is 5.21 Å². The summed E-state index contributed by atoms with van der Waals surface area (Å²) in [6.07, 6.45) is -0.213. The van der Waals surface area contributed by atoms with Crippen molar-refractivity contribution in [2.45, 2.75) is 45.9 Å². The zero-order valence-corrected chi connectivity index (χ0v) is 15.5. The van der Waals surface area contributed by atoms with Gasteiger partial charge in [0.15, 0.2) is 0 Å². The summed E-state index contributed by atoms with van der Waals surface area (Å²) in [7, 11) is 0. The third kappa shape index (κ3) is 4.89. The summed E-state index contributed by atoms with van der Waals surface area (Å²) < 4.78 is 11.9. The predicted octanol–water partition coefficient (Wildman–Crippen LogP) is 4.44. The van der Waals surface area contributed by atoms with E-state index in [-0.39, 0.29) is 12.2 Å². The van der Waals surface area contributed by atoms with Gasteiger partial charge in [0.25, 0.3) is 0 Å². The molecule has 26 heavy (non-hydrogen) atoms. The zero-order chi connectivity index (χ0) is 19.3. The van der Waals surface area contributed by atoms with E-state index in [9.17, 15) is 10.0 Å². The molecule has 6 heteroatoms. The van der Waals surface area contributed by atoms with E-state index in [0.29, 0.717) is 22.1 Å². The lowest BCUT2D eigenvalue weighted by Gasteiger charge is -2.25. The monoisotopic (exact) mass is 358 g/mol. The Morgan fingerprint density at radius 2 is 1.69 bits per heavy atom. The number of hydroxylamine groups is 2. The van der Waals surface area contributed by atoms with Crippen molar-refractivity contribution in [2.24, 2.45) is 5.73 Å². The quantitative estimate of drug-likeness (QED) is 0.566. The number of ether oxygens (including phenoxy) is 2. The maximum absolute atomic E-state index is 11.2. The van der Waals surface area contributed by atoms with Crippen LogP contribution in [-0.2, 0) is 0 Å². The Balaban J connectivity index is 2.28. The molecule has 0 aromatic heterocycles. The Kier molecular flexibility index (Phi) is 6.46. The number of amides is 2. The van der Waals surface area contributed by atoms with Crippen LogP contribution < -0.4 is 15.2 Å². The van der Waals surface area contributed by atoms with Gasteiger partial charge < -0.3 is 15.2 Å². The smallest absolute Gasteiger partial charge is 0.339 e. The molecule has 2 rings (SSSR count). The Labute approximate surface area is 154 Å². The molecule has 2 aromatic rings. The van der Waals surface area contributed by atoms with Gasteiger partial charge in [-0.05, 0) is 45.4 Å². The second-order valence-electron chi connectivity index (χ2n) is 6.40. The zero-order valence-electron chi connectivity index (χ0n) is 15.5. The highest BCUT2D eigenvalue weighted by Gasteiger charge is 2.22. The molecule has 0 aliphatic heterocycles. The summed E-state index contributed by atoms with van der Waals surface area (Å²) in [6, 6.07) is 13.6. The number of benzene rings is 2. The van der Waals surface area contributed by atoms with Crippen molar-refractivity contribution < 1.29 is 19.5 Å². The fourth-order valence-corrected chi connectivity index (χ4v) is 2.61. The lowest BCUT2D eigenvalue weighted by atomic mass is 10.1. The fourth-order valence-electron chi connectivity index (χ4n) is 2.61. The molecule has 0 saturated heterocycles. The van der Waals surface area contributed by atoms with E-state index in [2.05, 4.69) is 0 Å². The molecular weight excluding hydrogens is 332 g/mol. The maximum Gasteiger partial charge on any atom is 0.339 e. The average molecular weight is 358 g/mol. The molecule has 0 radical (unpaired) electrons. The van der Waals surface area contributed by atoms with Gasteiger partial charge in [-0.15, -0.1) is 0 Å². The van der Waals surface area contributed by atoms with Crippen LogP contribution in [0.2, 0.25) is 0 Å². The SMILES string of the molecule is CC(C)Oc1cc(OC(C)c2ccccc2)ccc1C(C)N(O)C(N)=O. The van der Waals surface area contributed by atoms with Gasteiger partial charge in [0.1, 0.15) is 17.6 Å². The van der Waals surface area contributed by atoms with Crippen LogP contribution in [0.25, 0.3) is 0 Å². The van der Waals surface area contributed by atoms with Gasteiger partial charge in [-0.25, -0.2) is 4.79 Å². The van der Waals surface area contributed by atoms with Crippen LogP contribution in [0.4, 0.5) is 4.79 Å². The number of hydrogen-bond acceptors (Lipinski definition) is 4. The van der Waals surface area contributed by atoms with Crippen molar-refractivity contribution >= 4 is 6.03 Å². The molecule has 0 bridgehead atoms.